The van der Waals surface area contributed by atoms with E-state index in [1.54, 1.807) is 0 Å². The number of carbonyl (C=O) groups excluding carboxylic acids is 1. The van der Waals surface area contributed by atoms with E-state index < -0.39 is 0 Å². The number of carbonyl (C=O) groups is 1. The summed E-state index contributed by atoms with van der Waals surface area (Å²) in [7, 11) is 1.40. The lowest BCUT2D eigenvalue weighted by Gasteiger charge is -2.31. The van der Waals surface area contributed by atoms with Crippen LogP contribution in [0.3, 0.4) is 0 Å². The lowest BCUT2D eigenvalue weighted by atomic mass is 9.89. The molecule has 1 atom stereocenters. The second kappa shape index (κ2) is 8.52. The summed E-state index contributed by atoms with van der Waals surface area (Å²) < 4.78 is 10.1. The summed E-state index contributed by atoms with van der Waals surface area (Å²) in [6.45, 7) is 2.87. The van der Waals surface area contributed by atoms with Gasteiger partial charge in [-0.15, -0.1) is 0 Å². The Balaban J connectivity index is 1.52. The first-order chi connectivity index (χ1) is 12.2. The number of likely N-dealkylation sites (tertiary alicyclic amines) is 1. The number of rotatable bonds is 6. The molecule has 25 heavy (non-hydrogen) atoms. The Kier molecular flexibility index (Phi) is 6.13. The quantitative estimate of drug-likeness (QED) is 0.855. The molecule has 6 heteroatoms. The monoisotopic (exact) mass is 348 g/mol. The van der Waals surface area contributed by atoms with Gasteiger partial charge in [-0.3, -0.25) is 14.5 Å². The van der Waals surface area contributed by atoms with E-state index >= 15 is 0 Å². The third kappa shape index (κ3) is 4.63. The molecular weight excluding hydrogens is 320 g/mol. The molecule has 1 aliphatic carbocycles. The number of nitrogens with one attached hydrogen (secondary N) is 1. The van der Waals surface area contributed by atoms with Crippen molar-refractivity contribution in [1.82, 2.24) is 10.2 Å². The molecule has 1 aromatic heterocycles. The van der Waals surface area contributed by atoms with Gasteiger partial charge in [0.25, 0.3) is 5.91 Å². The number of nitrogens with zero attached hydrogens (tertiary/aromatic N) is 1. The lowest BCUT2D eigenvalue weighted by Crippen LogP contribution is -2.42. The Morgan fingerprint density at radius 3 is 2.80 bits per heavy atom. The predicted octanol–water partition coefficient (Wildman–Crippen LogP) is 2.42. The van der Waals surface area contributed by atoms with Gasteiger partial charge in [-0.05, 0) is 38.1 Å². The van der Waals surface area contributed by atoms with Gasteiger partial charge in [0.15, 0.2) is 5.76 Å². The van der Waals surface area contributed by atoms with Crippen LogP contribution in [-0.2, 0) is 0 Å². The Labute approximate surface area is 148 Å². The molecule has 2 aliphatic rings. The minimum absolute atomic E-state index is 0.0302. The molecule has 0 aromatic carbocycles. The lowest BCUT2D eigenvalue weighted by molar-refractivity contribution is 0.0905. The predicted molar refractivity (Wildman–Crippen MR) is 95.0 cm³/mol. The average Bonchev–Trinajstić information content (AvgIpc) is 3.07. The van der Waals surface area contributed by atoms with Crippen LogP contribution in [0.2, 0.25) is 0 Å². The molecule has 0 radical (unpaired) electrons. The zero-order valence-corrected chi connectivity index (χ0v) is 15.0. The SMILES string of the molecule is COc1coc(C(=O)NCC2CCCN2CC2CCCCC2)cc1=O. The summed E-state index contributed by atoms with van der Waals surface area (Å²) in [5, 5.41) is 2.92. The largest absolute Gasteiger partial charge is 0.490 e. The number of hydrogen-bond acceptors (Lipinski definition) is 5. The zero-order chi connectivity index (χ0) is 17.6. The van der Waals surface area contributed by atoms with Crippen LogP contribution >= 0.6 is 0 Å². The van der Waals surface area contributed by atoms with Crippen molar-refractivity contribution in [1.29, 1.82) is 0 Å². The van der Waals surface area contributed by atoms with Crippen molar-refractivity contribution in [3.63, 3.8) is 0 Å². The van der Waals surface area contributed by atoms with Crippen molar-refractivity contribution in [2.24, 2.45) is 5.92 Å². The van der Waals surface area contributed by atoms with E-state index in [-0.39, 0.29) is 22.8 Å². The van der Waals surface area contributed by atoms with E-state index in [1.165, 1.54) is 58.0 Å². The molecule has 1 saturated carbocycles. The first-order valence-corrected chi connectivity index (χ1v) is 9.36. The second-order valence-electron chi connectivity index (χ2n) is 7.18. The topological polar surface area (TPSA) is 71.8 Å². The summed E-state index contributed by atoms with van der Waals surface area (Å²) in [5.41, 5.74) is -0.348. The fourth-order valence-corrected chi connectivity index (χ4v) is 4.03. The van der Waals surface area contributed by atoms with Crippen LogP contribution in [-0.4, -0.2) is 43.6 Å². The summed E-state index contributed by atoms with van der Waals surface area (Å²) >= 11 is 0. The minimum Gasteiger partial charge on any atom is -0.490 e. The Morgan fingerprint density at radius 1 is 1.28 bits per heavy atom. The van der Waals surface area contributed by atoms with E-state index in [9.17, 15) is 9.59 Å². The normalized spacial score (nSPS) is 22.0. The molecular formula is C19H28N2O4. The molecule has 1 amide bonds. The maximum Gasteiger partial charge on any atom is 0.287 e. The molecule has 0 spiro atoms. The van der Waals surface area contributed by atoms with E-state index in [0.717, 1.165) is 25.4 Å². The van der Waals surface area contributed by atoms with Crippen molar-refractivity contribution in [2.45, 2.75) is 51.0 Å². The molecule has 1 unspecified atom stereocenters. The summed E-state index contributed by atoms with van der Waals surface area (Å²) in [5.74, 6) is 0.600. The van der Waals surface area contributed by atoms with Crippen LogP contribution in [0, 0.1) is 5.92 Å². The maximum absolute atomic E-state index is 12.2. The van der Waals surface area contributed by atoms with Crippen molar-refractivity contribution < 1.29 is 13.9 Å². The van der Waals surface area contributed by atoms with E-state index in [0.29, 0.717) is 12.6 Å². The molecule has 1 N–H and O–H groups in total. The molecule has 3 rings (SSSR count). The van der Waals surface area contributed by atoms with Gasteiger partial charge in [0.1, 0.15) is 6.26 Å². The highest BCUT2D eigenvalue weighted by atomic mass is 16.5. The summed E-state index contributed by atoms with van der Waals surface area (Å²) in [6, 6.07) is 1.57. The highest BCUT2D eigenvalue weighted by molar-refractivity contribution is 5.91. The van der Waals surface area contributed by atoms with Crippen LogP contribution in [0.1, 0.15) is 55.5 Å². The van der Waals surface area contributed by atoms with E-state index in [1.807, 2.05) is 0 Å². The number of amides is 1. The molecule has 2 fully saturated rings. The highest BCUT2D eigenvalue weighted by Crippen LogP contribution is 2.27. The Morgan fingerprint density at radius 2 is 2.08 bits per heavy atom. The van der Waals surface area contributed by atoms with Crippen molar-refractivity contribution in [3.8, 4) is 5.75 Å². The molecule has 0 bridgehead atoms. The fourth-order valence-electron chi connectivity index (χ4n) is 4.03. The number of methoxy groups -OCH3 is 1. The van der Waals surface area contributed by atoms with Gasteiger partial charge in [0, 0.05) is 25.2 Å². The van der Waals surface area contributed by atoms with Gasteiger partial charge < -0.3 is 14.5 Å². The average molecular weight is 348 g/mol. The third-order valence-corrected chi connectivity index (χ3v) is 5.46. The number of hydrogen-bond donors (Lipinski definition) is 1. The minimum atomic E-state index is -0.348. The van der Waals surface area contributed by atoms with Gasteiger partial charge >= 0.3 is 0 Å². The number of ether oxygens (including phenoxy) is 1. The molecule has 2 heterocycles. The first kappa shape index (κ1) is 18.0. The van der Waals surface area contributed by atoms with Crippen LogP contribution in [0.15, 0.2) is 21.5 Å². The van der Waals surface area contributed by atoms with Crippen molar-refractivity contribution in [2.75, 3.05) is 26.7 Å². The Bertz CT molecular complexity index is 637. The molecule has 6 nitrogen and oxygen atoms in total. The van der Waals surface area contributed by atoms with Crippen molar-refractivity contribution in [3.05, 3.63) is 28.3 Å². The summed E-state index contributed by atoms with van der Waals surface area (Å²) in [4.78, 5) is 26.5. The van der Waals surface area contributed by atoms with Crippen LogP contribution in [0.5, 0.6) is 5.75 Å². The molecule has 138 valence electrons. The third-order valence-electron chi connectivity index (χ3n) is 5.46. The van der Waals surface area contributed by atoms with Gasteiger partial charge in [-0.2, -0.15) is 0 Å². The van der Waals surface area contributed by atoms with Crippen LogP contribution < -0.4 is 15.5 Å². The highest BCUT2D eigenvalue weighted by Gasteiger charge is 2.28. The van der Waals surface area contributed by atoms with Crippen molar-refractivity contribution >= 4 is 5.91 Å². The first-order valence-electron chi connectivity index (χ1n) is 9.36. The standard InChI is InChI=1S/C19H28N2O4/c1-24-18-13-25-17(10-16(18)22)19(23)20-11-15-8-5-9-21(15)12-14-6-3-2-4-7-14/h10,13-15H,2-9,11-12H2,1H3,(H,20,23). The summed E-state index contributed by atoms with van der Waals surface area (Å²) in [6.07, 6.45) is 10.3. The second-order valence-corrected chi connectivity index (χ2v) is 7.18. The smallest absolute Gasteiger partial charge is 0.287 e. The molecule has 1 saturated heterocycles. The van der Waals surface area contributed by atoms with Gasteiger partial charge in [0.2, 0.25) is 11.2 Å². The van der Waals surface area contributed by atoms with Gasteiger partial charge in [-0.1, -0.05) is 19.3 Å². The van der Waals surface area contributed by atoms with Crippen LogP contribution in [0.4, 0.5) is 0 Å². The zero-order valence-electron chi connectivity index (χ0n) is 15.0. The van der Waals surface area contributed by atoms with Gasteiger partial charge in [0.05, 0.1) is 7.11 Å². The molecule has 1 aromatic rings. The van der Waals surface area contributed by atoms with Gasteiger partial charge in [-0.25, -0.2) is 0 Å². The van der Waals surface area contributed by atoms with E-state index in [2.05, 4.69) is 10.2 Å². The van der Waals surface area contributed by atoms with Crippen LogP contribution in [0.25, 0.3) is 0 Å². The van der Waals surface area contributed by atoms with E-state index in [4.69, 9.17) is 9.15 Å². The fraction of sp³-hybridized carbons (Fsp3) is 0.684. The Hall–Kier alpha value is -1.82. The molecule has 1 aliphatic heterocycles. The maximum atomic E-state index is 12.2.